The fourth-order valence-electron chi connectivity index (χ4n) is 3.41. The van der Waals surface area contributed by atoms with Crippen molar-refractivity contribution in [3.63, 3.8) is 0 Å². The maximum atomic E-state index is 12.6. The third-order valence-corrected chi connectivity index (χ3v) is 6.37. The van der Waals surface area contributed by atoms with Crippen molar-refractivity contribution in [2.75, 3.05) is 0 Å². The summed E-state index contributed by atoms with van der Waals surface area (Å²) in [5.41, 5.74) is 3.27. The van der Waals surface area contributed by atoms with Gasteiger partial charge in [-0.25, -0.2) is 0 Å². The van der Waals surface area contributed by atoms with E-state index in [0.717, 1.165) is 17.7 Å². The summed E-state index contributed by atoms with van der Waals surface area (Å²) < 4.78 is 1.72. The number of carbonyl (C=O) groups is 1. The average Bonchev–Trinajstić information content (AvgIpc) is 3.07. The summed E-state index contributed by atoms with van der Waals surface area (Å²) in [6.07, 6.45) is 4.73. The van der Waals surface area contributed by atoms with Crippen LogP contribution in [0.25, 0.3) is 5.69 Å². The van der Waals surface area contributed by atoms with Crippen molar-refractivity contribution < 1.29 is 4.79 Å². The fourth-order valence-corrected chi connectivity index (χ4v) is 4.22. The summed E-state index contributed by atoms with van der Waals surface area (Å²) in [5.74, 6) is 0.606. The largest absolute Gasteiger partial charge is 0.352 e. The topological polar surface area (TPSA) is 72.7 Å². The van der Waals surface area contributed by atoms with Crippen LogP contribution in [0.2, 0.25) is 0 Å². The lowest BCUT2D eigenvalue weighted by Gasteiger charge is -2.30. The van der Waals surface area contributed by atoms with Crippen LogP contribution in [0.5, 0.6) is 0 Å². The quantitative estimate of drug-likeness (QED) is 0.813. The number of aromatic nitrogens is 4. The number of tetrazole rings is 1. The van der Waals surface area contributed by atoms with Crippen LogP contribution < -0.4 is 5.32 Å². The van der Waals surface area contributed by atoms with Gasteiger partial charge in [0.15, 0.2) is 0 Å². The molecule has 0 bridgehead atoms. The molecule has 26 heavy (non-hydrogen) atoms. The molecule has 1 saturated carbocycles. The Morgan fingerprint density at radius 3 is 2.85 bits per heavy atom. The highest BCUT2D eigenvalue weighted by Gasteiger charge is 2.26. The lowest BCUT2D eigenvalue weighted by Crippen LogP contribution is -2.44. The van der Waals surface area contributed by atoms with E-state index >= 15 is 0 Å². The number of amides is 1. The van der Waals surface area contributed by atoms with Crippen molar-refractivity contribution in [3.8, 4) is 5.69 Å². The van der Waals surface area contributed by atoms with Crippen molar-refractivity contribution in [3.05, 3.63) is 29.3 Å². The monoisotopic (exact) mass is 373 g/mol. The predicted octanol–water partition coefficient (Wildman–Crippen LogP) is 3.45. The van der Waals surface area contributed by atoms with Crippen molar-refractivity contribution in [2.45, 2.75) is 69.8 Å². The van der Waals surface area contributed by atoms with Crippen LogP contribution in [0, 0.1) is 19.8 Å². The molecule has 0 spiro atoms. The second-order valence-electron chi connectivity index (χ2n) is 7.23. The number of rotatable bonds is 5. The zero-order valence-corrected chi connectivity index (χ0v) is 16.7. The van der Waals surface area contributed by atoms with Gasteiger partial charge in [0.25, 0.3) is 0 Å². The van der Waals surface area contributed by atoms with Gasteiger partial charge in [0.05, 0.1) is 10.9 Å². The van der Waals surface area contributed by atoms with Crippen molar-refractivity contribution in [2.24, 2.45) is 5.92 Å². The summed E-state index contributed by atoms with van der Waals surface area (Å²) in [6, 6.07) is 6.34. The smallest absolute Gasteiger partial charge is 0.233 e. The average molecular weight is 374 g/mol. The molecule has 3 rings (SSSR count). The number of carbonyl (C=O) groups excluding carboxylic acids is 1. The number of thioether (sulfide) groups is 1. The number of hydrogen-bond donors (Lipinski definition) is 1. The second-order valence-corrected chi connectivity index (χ2v) is 8.54. The van der Waals surface area contributed by atoms with E-state index in [1.807, 2.05) is 19.1 Å². The van der Waals surface area contributed by atoms with E-state index in [1.54, 1.807) is 4.68 Å². The summed E-state index contributed by atoms with van der Waals surface area (Å²) in [6.45, 7) is 8.26. The molecule has 7 heteroatoms. The molecule has 6 nitrogen and oxygen atoms in total. The predicted molar refractivity (Wildman–Crippen MR) is 104 cm³/mol. The standard InChI is InChI=1S/C19H27N5OS/c1-12-9-7-11-17(14(12)3)24-19(21-22-23-24)26-15(4)18(25)20-16-10-6-5-8-13(16)2/h7,9,11,13,15-16H,5-6,8,10H2,1-4H3,(H,20,25). The van der Waals surface area contributed by atoms with E-state index in [2.05, 4.69) is 47.7 Å². The number of nitrogens with zero attached hydrogens (tertiary/aromatic N) is 4. The molecule has 1 N–H and O–H groups in total. The minimum Gasteiger partial charge on any atom is -0.352 e. The van der Waals surface area contributed by atoms with Crippen LogP contribution in [-0.2, 0) is 4.79 Å². The lowest BCUT2D eigenvalue weighted by molar-refractivity contribution is -0.121. The van der Waals surface area contributed by atoms with Gasteiger partial charge < -0.3 is 5.32 Å². The second kappa shape index (κ2) is 8.20. The van der Waals surface area contributed by atoms with Gasteiger partial charge in [0.1, 0.15) is 0 Å². The number of aryl methyl sites for hydroxylation is 1. The molecule has 1 heterocycles. The molecule has 1 fully saturated rings. The van der Waals surface area contributed by atoms with Gasteiger partial charge in [-0.3, -0.25) is 4.79 Å². The van der Waals surface area contributed by atoms with Crippen LogP contribution >= 0.6 is 11.8 Å². The van der Waals surface area contributed by atoms with Gasteiger partial charge in [-0.05, 0) is 67.2 Å². The van der Waals surface area contributed by atoms with Gasteiger partial charge in [0.2, 0.25) is 11.1 Å². The molecule has 1 amide bonds. The zero-order valence-electron chi connectivity index (χ0n) is 15.9. The third kappa shape index (κ3) is 4.09. The van der Waals surface area contributed by atoms with Crippen LogP contribution in [0.4, 0.5) is 0 Å². The van der Waals surface area contributed by atoms with Gasteiger partial charge in [-0.1, -0.05) is 43.7 Å². The highest BCUT2D eigenvalue weighted by atomic mass is 32.2. The Labute approximate surface area is 159 Å². The molecule has 1 aliphatic rings. The van der Waals surface area contributed by atoms with Gasteiger partial charge in [-0.2, -0.15) is 4.68 Å². The Balaban J connectivity index is 1.70. The molecule has 0 radical (unpaired) electrons. The Morgan fingerprint density at radius 1 is 1.31 bits per heavy atom. The molecule has 1 aliphatic carbocycles. The first-order valence-corrected chi connectivity index (χ1v) is 10.2. The first-order chi connectivity index (χ1) is 12.5. The van der Waals surface area contributed by atoms with Crippen molar-refractivity contribution >= 4 is 17.7 Å². The number of benzene rings is 1. The Morgan fingerprint density at radius 2 is 2.08 bits per heavy atom. The van der Waals surface area contributed by atoms with E-state index in [4.69, 9.17) is 0 Å². The third-order valence-electron chi connectivity index (χ3n) is 5.34. The summed E-state index contributed by atoms with van der Waals surface area (Å²) in [5, 5.41) is 15.7. The maximum Gasteiger partial charge on any atom is 0.233 e. The molecular weight excluding hydrogens is 346 g/mol. The first kappa shape index (κ1) is 18.9. The molecule has 0 aliphatic heterocycles. The SMILES string of the molecule is Cc1cccc(-n2nnnc2SC(C)C(=O)NC2CCCCC2C)c1C. The van der Waals surface area contributed by atoms with Crippen molar-refractivity contribution in [1.29, 1.82) is 0 Å². The van der Waals surface area contributed by atoms with E-state index in [-0.39, 0.29) is 17.2 Å². The Hall–Kier alpha value is -1.89. The summed E-state index contributed by atoms with van der Waals surface area (Å²) in [4.78, 5) is 12.6. The number of nitrogens with one attached hydrogen (secondary N) is 1. The minimum atomic E-state index is -0.251. The molecule has 3 unspecified atom stereocenters. The molecular formula is C19H27N5OS. The van der Waals surface area contributed by atoms with E-state index in [0.29, 0.717) is 11.1 Å². The molecule has 2 aromatic rings. The van der Waals surface area contributed by atoms with Crippen LogP contribution in [-0.4, -0.2) is 37.4 Å². The Bertz CT molecular complexity index is 775. The highest BCUT2D eigenvalue weighted by molar-refractivity contribution is 8.00. The normalized spacial score (nSPS) is 21.4. The van der Waals surface area contributed by atoms with Crippen LogP contribution in [0.3, 0.4) is 0 Å². The van der Waals surface area contributed by atoms with Crippen molar-refractivity contribution in [1.82, 2.24) is 25.5 Å². The van der Waals surface area contributed by atoms with Gasteiger partial charge in [0, 0.05) is 6.04 Å². The van der Waals surface area contributed by atoms with Crippen LogP contribution in [0.1, 0.15) is 50.7 Å². The molecule has 0 saturated heterocycles. The van der Waals surface area contributed by atoms with E-state index < -0.39 is 0 Å². The highest BCUT2D eigenvalue weighted by Crippen LogP contribution is 2.27. The molecule has 140 valence electrons. The summed E-state index contributed by atoms with van der Waals surface area (Å²) in [7, 11) is 0. The zero-order chi connectivity index (χ0) is 18.7. The molecule has 1 aromatic carbocycles. The van der Waals surface area contributed by atoms with E-state index in [9.17, 15) is 4.79 Å². The minimum absolute atomic E-state index is 0.0595. The molecule has 3 atom stereocenters. The fraction of sp³-hybridized carbons (Fsp3) is 0.579. The van der Waals surface area contributed by atoms with Gasteiger partial charge in [-0.15, -0.1) is 5.10 Å². The van der Waals surface area contributed by atoms with Gasteiger partial charge >= 0.3 is 0 Å². The van der Waals surface area contributed by atoms with Crippen LogP contribution in [0.15, 0.2) is 23.4 Å². The maximum absolute atomic E-state index is 12.6. The first-order valence-electron chi connectivity index (χ1n) is 9.29. The number of hydrogen-bond acceptors (Lipinski definition) is 5. The van der Waals surface area contributed by atoms with E-state index in [1.165, 1.54) is 36.6 Å². The lowest BCUT2D eigenvalue weighted by atomic mass is 9.86. The Kier molecular flexibility index (Phi) is 5.96. The molecule has 1 aromatic heterocycles. The summed E-state index contributed by atoms with van der Waals surface area (Å²) >= 11 is 1.40.